The van der Waals surface area contributed by atoms with Crippen LogP contribution in [0.15, 0.2) is 48.0 Å². The van der Waals surface area contributed by atoms with E-state index in [9.17, 15) is 4.79 Å². The Morgan fingerprint density at radius 2 is 1.74 bits per heavy atom. The summed E-state index contributed by atoms with van der Waals surface area (Å²) < 4.78 is 7.28. The average molecular weight is 473 g/mol. The molecule has 4 heterocycles. The number of fused-ring (bicyclic) bond motifs is 3. The molecule has 8 nitrogen and oxygen atoms in total. The van der Waals surface area contributed by atoms with Crippen LogP contribution >= 0.6 is 11.3 Å². The second-order valence-electron chi connectivity index (χ2n) is 8.11. The van der Waals surface area contributed by atoms with Crippen molar-refractivity contribution in [2.24, 2.45) is 4.99 Å². The van der Waals surface area contributed by atoms with Gasteiger partial charge in [0.25, 0.3) is 0 Å². The van der Waals surface area contributed by atoms with Crippen molar-refractivity contribution in [2.75, 3.05) is 6.61 Å². The van der Waals surface area contributed by atoms with Crippen LogP contribution in [0.4, 0.5) is 0 Å². The van der Waals surface area contributed by atoms with E-state index in [4.69, 9.17) is 9.73 Å². The van der Waals surface area contributed by atoms with Gasteiger partial charge in [-0.2, -0.15) is 0 Å². The number of aromatic nitrogens is 5. The highest BCUT2D eigenvalue weighted by molar-refractivity contribution is 7.15. The zero-order valence-electron chi connectivity index (χ0n) is 19.4. The molecule has 0 amide bonds. The highest BCUT2D eigenvalue weighted by Crippen LogP contribution is 2.39. The molecule has 4 aromatic rings. The predicted molar refractivity (Wildman–Crippen MR) is 131 cm³/mol. The molecule has 1 aromatic carbocycles. The summed E-state index contributed by atoms with van der Waals surface area (Å²) in [7, 11) is 0. The first-order valence-electron chi connectivity index (χ1n) is 11.1. The molecule has 0 bridgehead atoms. The number of ether oxygens (including phenoxy) is 1. The second kappa shape index (κ2) is 8.90. The third-order valence-corrected chi connectivity index (χ3v) is 7.15. The maximum atomic E-state index is 12.5. The third kappa shape index (κ3) is 3.81. The van der Waals surface area contributed by atoms with Gasteiger partial charge in [0, 0.05) is 34.0 Å². The molecule has 0 saturated carbocycles. The molecule has 5 rings (SSSR count). The van der Waals surface area contributed by atoms with Crippen LogP contribution in [0.3, 0.4) is 0 Å². The maximum absolute atomic E-state index is 12.5. The van der Waals surface area contributed by atoms with Gasteiger partial charge in [0.15, 0.2) is 5.82 Å². The number of carbonyl (C=O) groups excluding carboxylic acids is 1. The summed E-state index contributed by atoms with van der Waals surface area (Å²) in [5.41, 5.74) is 5.99. The van der Waals surface area contributed by atoms with Crippen LogP contribution in [-0.4, -0.2) is 43.0 Å². The van der Waals surface area contributed by atoms with Crippen LogP contribution in [0.25, 0.3) is 16.1 Å². The van der Waals surface area contributed by atoms with Crippen LogP contribution in [0.5, 0.6) is 0 Å². The van der Waals surface area contributed by atoms with Gasteiger partial charge in [-0.3, -0.25) is 14.4 Å². The zero-order valence-corrected chi connectivity index (χ0v) is 20.3. The van der Waals surface area contributed by atoms with E-state index in [0.29, 0.717) is 12.4 Å². The van der Waals surface area contributed by atoms with Crippen LogP contribution in [0.1, 0.15) is 52.6 Å². The van der Waals surface area contributed by atoms with E-state index in [-0.39, 0.29) is 12.4 Å². The average Bonchev–Trinajstić information content (AvgIpc) is 3.32. The molecule has 0 fully saturated rings. The first-order valence-corrected chi connectivity index (χ1v) is 11.9. The lowest BCUT2D eigenvalue weighted by molar-refractivity contribution is -0.143. The Bertz CT molecular complexity index is 1390. The van der Waals surface area contributed by atoms with E-state index in [1.165, 1.54) is 11.2 Å². The topological polar surface area (TPSA) is 95.2 Å². The summed E-state index contributed by atoms with van der Waals surface area (Å²) >= 11 is 1.69. The van der Waals surface area contributed by atoms with Crippen molar-refractivity contribution in [2.45, 2.75) is 40.2 Å². The third-order valence-electron chi connectivity index (χ3n) is 5.96. The fourth-order valence-electron chi connectivity index (χ4n) is 4.17. The van der Waals surface area contributed by atoms with Crippen molar-refractivity contribution in [1.29, 1.82) is 0 Å². The predicted octanol–water partition coefficient (Wildman–Crippen LogP) is 4.56. The Morgan fingerprint density at radius 3 is 2.44 bits per heavy atom. The lowest BCUT2D eigenvalue weighted by atomic mass is 9.97. The van der Waals surface area contributed by atoms with Gasteiger partial charge >= 0.3 is 5.97 Å². The minimum atomic E-state index is -0.503. The Hall–Kier alpha value is -3.72. The molecule has 0 N–H and O–H groups in total. The molecule has 0 unspecified atom stereocenters. The molecule has 0 radical (unpaired) electrons. The van der Waals surface area contributed by atoms with E-state index in [1.54, 1.807) is 30.7 Å². The van der Waals surface area contributed by atoms with E-state index >= 15 is 0 Å². The number of thiophene rings is 1. The molecule has 1 aliphatic heterocycles. The van der Waals surface area contributed by atoms with Gasteiger partial charge in [-0.25, -0.2) is 9.97 Å². The SMILES string of the molecule is CCOC(=O)C[C@@H]1N=C(c2ccc(-c3cncnc3)cc2)c2c(sc(C)c2C)-n2c(C)nnc21. The number of aryl methyl sites for hydroxylation is 2. The van der Waals surface area contributed by atoms with Crippen LogP contribution in [-0.2, 0) is 9.53 Å². The monoisotopic (exact) mass is 472 g/mol. The molecular formula is C25H24N6O2S. The molecule has 1 atom stereocenters. The van der Waals surface area contributed by atoms with Crippen LogP contribution in [0.2, 0.25) is 0 Å². The summed E-state index contributed by atoms with van der Waals surface area (Å²) in [6.07, 6.45) is 5.20. The van der Waals surface area contributed by atoms with Crippen molar-refractivity contribution in [3.05, 3.63) is 76.2 Å². The molecule has 0 saturated heterocycles. The molecule has 34 heavy (non-hydrogen) atoms. The second-order valence-corrected chi connectivity index (χ2v) is 9.31. The fourth-order valence-corrected chi connectivity index (χ4v) is 5.39. The lowest BCUT2D eigenvalue weighted by Gasteiger charge is -2.12. The maximum Gasteiger partial charge on any atom is 0.308 e. The van der Waals surface area contributed by atoms with Crippen molar-refractivity contribution in [3.63, 3.8) is 0 Å². The number of hydrogen-bond donors (Lipinski definition) is 0. The summed E-state index contributed by atoms with van der Waals surface area (Å²) in [6.45, 7) is 8.27. The highest BCUT2D eigenvalue weighted by atomic mass is 32.1. The Balaban J connectivity index is 1.67. The van der Waals surface area contributed by atoms with Gasteiger partial charge in [-0.05, 0) is 38.8 Å². The lowest BCUT2D eigenvalue weighted by Crippen LogP contribution is -2.13. The van der Waals surface area contributed by atoms with Gasteiger partial charge in [-0.1, -0.05) is 24.3 Å². The number of esters is 1. The Morgan fingerprint density at radius 1 is 1.03 bits per heavy atom. The van der Waals surface area contributed by atoms with E-state index < -0.39 is 6.04 Å². The first-order chi connectivity index (χ1) is 16.5. The number of rotatable bonds is 5. The van der Waals surface area contributed by atoms with Crippen LogP contribution in [0, 0.1) is 20.8 Å². The highest BCUT2D eigenvalue weighted by Gasteiger charge is 2.32. The van der Waals surface area contributed by atoms with Gasteiger partial charge < -0.3 is 4.74 Å². The minimum absolute atomic E-state index is 0.0991. The summed E-state index contributed by atoms with van der Waals surface area (Å²) in [5, 5.41) is 9.76. The number of aliphatic imine (C=N–C) groups is 1. The smallest absolute Gasteiger partial charge is 0.308 e. The largest absolute Gasteiger partial charge is 0.466 e. The molecule has 0 aliphatic carbocycles. The van der Waals surface area contributed by atoms with E-state index in [1.807, 2.05) is 23.6 Å². The summed E-state index contributed by atoms with van der Waals surface area (Å²) in [4.78, 5) is 27.0. The van der Waals surface area contributed by atoms with Gasteiger partial charge in [0.1, 0.15) is 23.2 Å². The van der Waals surface area contributed by atoms with Gasteiger partial charge in [0.2, 0.25) is 0 Å². The standard InChI is InChI=1S/C25H24N6O2S/c1-5-33-21(32)10-20-24-30-29-16(4)31(24)25-22(14(2)15(3)34-25)23(28-20)18-8-6-17(7-9-18)19-11-26-13-27-12-19/h6-9,11-13,20H,5,10H2,1-4H3/t20-/m0/s1. The van der Waals surface area contributed by atoms with Crippen molar-refractivity contribution in [3.8, 4) is 16.1 Å². The number of carbonyl (C=O) groups is 1. The van der Waals surface area contributed by atoms with Gasteiger partial charge in [-0.15, -0.1) is 21.5 Å². The molecule has 9 heteroatoms. The van der Waals surface area contributed by atoms with Gasteiger partial charge in [0.05, 0.1) is 18.7 Å². The van der Waals surface area contributed by atoms with Crippen LogP contribution < -0.4 is 0 Å². The number of nitrogens with zero attached hydrogens (tertiary/aromatic N) is 6. The number of benzene rings is 1. The zero-order chi connectivity index (χ0) is 23.8. The van der Waals surface area contributed by atoms with Crippen molar-refractivity contribution in [1.82, 2.24) is 24.7 Å². The van der Waals surface area contributed by atoms with Crippen molar-refractivity contribution < 1.29 is 9.53 Å². The fraction of sp³-hybridized carbons (Fsp3) is 0.280. The summed E-state index contributed by atoms with van der Waals surface area (Å²) in [5.74, 6) is 1.11. The Labute approximate surface area is 201 Å². The normalized spacial score (nSPS) is 14.7. The Kier molecular flexibility index (Phi) is 5.79. The summed E-state index contributed by atoms with van der Waals surface area (Å²) in [6, 6.07) is 7.69. The number of hydrogen-bond acceptors (Lipinski definition) is 8. The minimum Gasteiger partial charge on any atom is -0.466 e. The molecule has 172 valence electrons. The van der Waals surface area contributed by atoms with Crippen molar-refractivity contribution >= 4 is 23.0 Å². The molecule has 0 spiro atoms. The van der Waals surface area contributed by atoms with E-state index in [2.05, 4.69) is 46.1 Å². The molecule has 3 aromatic heterocycles. The first kappa shape index (κ1) is 22.1. The molecule has 1 aliphatic rings. The molecular weight excluding hydrogens is 448 g/mol. The quantitative estimate of drug-likeness (QED) is 0.395. The van der Waals surface area contributed by atoms with E-state index in [0.717, 1.165) is 44.4 Å².